The summed E-state index contributed by atoms with van der Waals surface area (Å²) in [4.78, 5) is 2.40. The molecule has 1 aromatic heterocycles. The number of piperidine rings is 1. The minimum absolute atomic E-state index is 0.611. The van der Waals surface area contributed by atoms with Crippen molar-refractivity contribution in [1.82, 2.24) is 14.8 Å². The van der Waals surface area contributed by atoms with Gasteiger partial charge in [0.1, 0.15) is 0 Å². The highest BCUT2D eigenvalue weighted by Gasteiger charge is 2.31. The molecule has 0 amide bonds. The van der Waals surface area contributed by atoms with Crippen molar-refractivity contribution < 1.29 is 0 Å². The maximum atomic E-state index is 8.59. The third kappa shape index (κ3) is 3.09. The van der Waals surface area contributed by atoms with Crippen molar-refractivity contribution in [3.05, 3.63) is 0 Å². The van der Waals surface area contributed by atoms with Crippen molar-refractivity contribution >= 4 is 17.7 Å². The predicted molar refractivity (Wildman–Crippen MR) is 79.9 cm³/mol. The van der Waals surface area contributed by atoms with Crippen LogP contribution in [0.1, 0.15) is 51.0 Å². The third-order valence-electron chi connectivity index (χ3n) is 3.86. The van der Waals surface area contributed by atoms with Crippen LogP contribution in [0.4, 0.5) is 5.95 Å². The van der Waals surface area contributed by atoms with E-state index in [4.69, 9.17) is 5.26 Å². The zero-order valence-electron chi connectivity index (χ0n) is 11.8. The molecule has 1 saturated heterocycles. The van der Waals surface area contributed by atoms with E-state index in [0.29, 0.717) is 12.5 Å². The molecule has 0 N–H and O–H groups in total. The number of unbranched alkanes of at least 4 members (excludes halogenated alkanes) is 1. The first-order valence-electron chi connectivity index (χ1n) is 7.60. The van der Waals surface area contributed by atoms with Crippen LogP contribution in [-0.4, -0.2) is 33.6 Å². The number of rotatable bonds is 6. The topological polar surface area (TPSA) is 57.7 Å². The molecule has 108 valence electrons. The van der Waals surface area contributed by atoms with Crippen LogP contribution in [0.3, 0.4) is 0 Å². The Balaban J connectivity index is 1.70. The summed E-state index contributed by atoms with van der Waals surface area (Å²) in [6.07, 6.45) is 7.94. The molecule has 0 unspecified atom stereocenters. The molecule has 1 aliphatic heterocycles. The number of nitriles is 1. The maximum Gasteiger partial charge on any atom is 0.228 e. The second kappa shape index (κ2) is 6.49. The van der Waals surface area contributed by atoms with Gasteiger partial charge in [-0.05, 0) is 38.5 Å². The molecule has 3 rings (SSSR count). The summed E-state index contributed by atoms with van der Waals surface area (Å²) < 4.78 is 2.35. The Labute approximate surface area is 124 Å². The van der Waals surface area contributed by atoms with Crippen LogP contribution in [0.15, 0.2) is 5.16 Å². The first kappa shape index (κ1) is 13.7. The van der Waals surface area contributed by atoms with Gasteiger partial charge in [-0.15, -0.1) is 10.2 Å². The van der Waals surface area contributed by atoms with E-state index in [1.54, 1.807) is 11.8 Å². The SMILES string of the molecule is N#CCCCSc1nnc(N2CCCCC2)n1C1CC1. The van der Waals surface area contributed by atoms with E-state index in [1.165, 1.54) is 32.1 Å². The van der Waals surface area contributed by atoms with Crippen LogP contribution >= 0.6 is 11.8 Å². The smallest absolute Gasteiger partial charge is 0.228 e. The Bertz CT molecular complexity index is 482. The van der Waals surface area contributed by atoms with Gasteiger partial charge < -0.3 is 4.90 Å². The molecule has 2 aliphatic rings. The van der Waals surface area contributed by atoms with Gasteiger partial charge in [-0.2, -0.15) is 5.26 Å². The first-order valence-corrected chi connectivity index (χ1v) is 8.58. The fourth-order valence-electron chi connectivity index (χ4n) is 2.64. The van der Waals surface area contributed by atoms with Crippen molar-refractivity contribution in [2.24, 2.45) is 0 Å². The van der Waals surface area contributed by atoms with E-state index >= 15 is 0 Å². The standard InChI is InChI=1S/C14H21N5S/c15-8-2-5-11-20-14-17-16-13(19(14)12-6-7-12)18-9-3-1-4-10-18/h12H,1-7,9-11H2. The second-order valence-electron chi connectivity index (χ2n) is 5.54. The number of aromatic nitrogens is 3. The zero-order valence-corrected chi connectivity index (χ0v) is 12.6. The predicted octanol–water partition coefficient (Wildman–Crippen LogP) is 3.00. The van der Waals surface area contributed by atoms with Crippen LogP contribution in [0.25, 0.3) is 0 Å². The molecule has 5 nitrogen and oxygen atoms in total. The van der Waals surface area contributed by atoms with Gasteiger partial charge in [0.15, 0.2) is 5.16 Å². The molecular formula is C14H21N5S. The maximum absolute atomic E-state index is 8.59. The minimum atomic E-state index is 0.611. The normalized spacial score (nSPS) is 19.1. The summed E-state index contributed by atoms with van der Waals surface area (Å²) in [7, 11) is 0. The molecular weight excluding hydrogens is 270 g/mol. The average molecular weight is 291 g/mol. The van der Waals surface area contributed by atoms with Gasteiger partial charge in [-0.25, -0.2) is 0 Å². The summed E-state index contributed by atoms with van der Waals surface area (Å²) in [6, 6.07) is 2.81. The summed E-state index contributed by atoms with van der Waals surface area (Å²) in [6.45, 7) is 2.23. The van der Waals surface area contributed by atoms with Gasteiger partial charge in [0.25, 0.3) is 0 Å². The number of anilines is 1. The Morgan fingerprint density at radius 2 is 2.00 bits per heavy atom. The molecule has 2 fully saturated rings. The monoisotopic (exact) mass is 291 g/mol. The van der Waals surface area contributed by atoms with Gasteiger partial charge in [-0.1, -0.05) is 11.8 Å². The summed E-state index contributed by atoms with van der Waals surface area (Å²) in [5.74, 6) is 2.04. The van der Waals surface area contributed by atoms with Gasteiger partial charge in [-0.3, -0.25) is 4.57 Å². The van der Waals surface area contributed by atoms with E-state index < -0.39 is 0 Å². The highest BCUT2D eigenvalue weighted by atomic mass is 32.2. The number of thioether (sulfide) groups is 1. The fraction of sp³-hybridized carbons (Fsp3) is 0.786. The van der Waals surface area contributed by atoms with Crippen LogP contribution < -0.4 is 4.90 Å². The molecule has 0 radical (unpaired) electrons. The van der Waals surface area contributed by atoms with Crippen molar-refractivity contribution in [1.29, 1.82) is 5.26 Å². The van der Waals surface area contributed by atoms with E-state index in [-0.39, 0.29) is 0 Å². The summed E-state index contributed by atoms with van der Waals surface area (Å²) in [5.41, 5.74) is 0. The lowest BCUT2D eigenvalue weighted by Crippen LogP contribution is -2.31. The van der Waals surface area contributed by atoms with Gasteiger partial charge in [0, 0.05) is 31.3 Å². The number of nitrogens with zero attached hydrogens (tertiary/aromatic N) is 5. The molecule has 1 aromatic rings. The highest BCUT2D eigenvalue weighted by Crippen LogP contribution is 2.41. The van der Waals surface area contributed by atoms with Crippen LogP contribution in [0, 0.1) is 11.3 Å². The second-order valence-corrected chi connectivity index (χ2v) is 6.60. The lowest BCUT2D eigenvalue weighted by molar-refractivity contribution is 0.548. The summed E-state index contributed by atoms with van der Waals surface area (Å²) in [5, 5.41) is 18.5. The zero-order chi connectivity index (χ0) is 13.8. The Kier molecular flexibility index (Phi) is 4.46. The van der Waals surface area contributed by atoms with E-state index in [2.05, 4.69) is 25.7 Å². The minimum Gasteiger partial charge on any atom is -0.341 e. The summed E-state index contributed by atoms with van der Waals surface area (Å²) >= 11 is 1.75. The quantitative estimate of drug-likeness (QED) is 0.595. The lowest BCUT2D eigenvalue weighted by atomic mass is 10.1. The van der Waals surface area contributed by atoms with Crippen LogP contribution in [0.2, 0.25) is 0 Å². The van der Waals surface area contributed by atoms with Crippen molar-refractivity contribution in [3.63, 3.8) is 0 Å². The molecule has 1 aliphatic carbocycles. The third-order valence-corrected chi connectivity index (χ3v) is 4.89. The Hall–Kier alpha value is -1.22. The lowest BCUT2D eigenvalue weighted by Gasteiger charge is -2.27. The molecule has 0 atom stereocenters. The van der Waals surface area contributed by atoms with Crippen molar-refractivity contribution in [2.75, 3.05) is 23.7 Å². The van der Waals surface area contributed by atoms with Crippen molar-refractivity contribution in [3.8, 4) is 6.07 Å². The number of hydrogen-bond donors (Lipinski definition) is 0. The fourth-order valence-corrected chi connectivity index (χ4v) is 3.58. The van der Waals surface area contributed by atoms with E-state index in [1.807, 2.05) is 0 Å². The largest absolute Gasteiger partial charge is 0.341 e. The van der Waals surface area contributed by atoms with Gasteiger partial charge in [0.05, 0.1) is 6.07 Å². The molecule has 0 spiro atoms. The van der Waals surface area contributed by atoms with Crippen molar-refractivity contribution in [2.45, 2.75) is 56.1 Å². The number of hydrogen-bond acceptors (Lipinski definition) is 5. The van der Waals surface area contributed by atoms with E-state index in [0.717, 1.165) is 36.4 Å². The molecule has 0 aromatic carbocycles. The molecule has 2 heterocycles. The molecule has 20 heavy (non-hydrogen) atoms. The van der Waals surface area contributed by atoms with Gasteiger partial charge in [0.2, 0.25) is 5.95 Å². The van der Waals surface area contributed by atoms with Crippen LogP contribution in [-0.2, 0) is 0 Å². The van der Waals surface area contributed by atoms with E-state index in [9.17, 15) is 0 Å². The van der Waals surface area contributed by atoms with Gasteiger partial charge >= 0.3 is 0 Å². The molecule has 1 saturated carbocycles. The average Bonchev–Trinajstić information content (AvgIpc) is 3.25. The first-order chi connectivity index (χ1) is 9.90. The van der Waals surface area contributed by atoms with Crippen LogP contribution in [0.5, 0.6) is 0 Å². The molecule has 0 bridgehead atoms. The molecule has 6 heteroatoms. The Morgan fingerprint density at radius 3 is 2.70 bits per heavy atom. The highest BCUT2D eigenvalue weighted by molar-refractivity contribution is 7.99. The Morgan fingerprint density at radius 1 is 1.20 bits per heavy atom.